The number of hydrogen-bond acceptors (Lipinski definition) is 2. The third-order valence-corrected chi connectivity index (χ3v) is 1.63. The van der Waals surface area contributed by atoms with Crippen LogP contribution in [0.3, 0.4) is 0 Å². The monoisotopic (exact) mass is 220 g/mol. The predicted molar refractivity (Wildman–Crippen MR) is 54.5 cm³/mol. The first-order valence-electron chi connectivity index (χ1n) is 4.03. The summed E-state index contributed by atoms with van der Waals surface area (Å²) in [5.74, 6) is 3.13. The second-order valence-corrected chi connectivity index (χ2v) is 2.42. The predicted octanol–water partition coefficient (Wildman–Crippen LogP) is 2.94. The second-order valence-electron chi connectivity index (χ2n) is 2.04. The van der Waals surface area contributed by atoms with E-state index in [0.29, 0.717) is 0 Å². The molecule has 1 aromatic rings. The molecule has 0 amide bonds. The Kier molecular flexibility index (Phi) is 5.79. The van der Waals surface area contributed by atoms with E-state index >= 15 is 0 Å². The Bertz CT molecular complexity index is 327. The maximum Gasteiger partial charge on any atom is 0.153 e. The Hall–Kier alpha value is -1.16. The highest BCUT2D eigenvalue weighted by atomic mass is 35.5. The molecule has 0 bridgehead atoms. The summed E-state index contributed by atoms with van der Waals surface area (Å²) in [6.07, 6.45) is 1.06. The summed E-state index contributed by atoms with van der Waals surface area (Å²) < 4.78 is 25.5. The van der Waals surface area contributed by atoms with E-state index in [1.807, 2.05) is 13.8 Å². The normalized spacial score (nSPS) is 9.79. The summed E-state index contributed by atoms with van der Waals surface area (Å²) in [6.45, 7) is 4.00. The molecule has 0 saturated heterocycles. The van der Waals surface area contributed by atoms with Crippen LogP contribution in [0.15, 0.2) is 17.2 Å². The molecule has 0 fully saturated rings. The van der Waals surface area contributed by atoms with Gasteiger partial charge in [0.05, 0.1) is 6.21 Å². The number of hydrogen-bond donors (Lipinski definition) is 1. The summed E-state index contributed by atoms with van der Waals surface area (Å²) in [6, 6.07) is 2.25. The van der Waals surface area contributed by atoms with Crippen molar-refractivity contribution in [1.29, 1.82) is 0 Å². The third kappa shape index (κ3) is 2.96. The van der Waals surface area contributed by atoms with Crippen molar-refractivity contribution in [2.45, 2.75) is 13.8 Å². The van der Waals surface area contributed by atoms with Gasteiger partial charge in [-0.25, -0.2) is 8.78 Å². The van der Waals surface area contributed by atoms with E-state index in [1.54, 1.807) is 0 Å². The van der Waals surface area contributed by atoms with Crippen LogP contribution in [0.4, 0.5) is 8.78 Å². The molecule has 2 N–H and O–H groups in total. The maximum absolute atomic E-state index is 12.9. The highest BCUT2D eigenvalue weighted by Gasteiger charge is 2.09. The molecule has 0 saturated carbocycles. The van der Waals surface area contributed by atoms with Gasteiger partial charge in [-0.1, -0.05) is 25.4 Å². The van der Waals surface area contributed by atoms with Crippen LogP contribution in [-0.4, -0.2) is 6.21 Å². The zero-order valence-electron chi connectivity index (χ0n) is 7.89. The molecular formula is C9H11ClF2N2. The van der Waals surface area contributed by atoms with Gasteiger partial charge in [-0.3, -0.25) is 0 Å². The molecule has 0 aromatic heterocycles. The van der Waals surface area contributed by atoms with Gasteiger partial charge in [0.1, 0.15) is 10.8 Å². The van der Waals surface area contributed by atoms with Crippen LogP contribution >= 0.6 is 11.6 Å². The van der Waals surface area contributed by atoms with Crippen molar-refractivity contribution in [1.82, 2.24) is 0 Å². The van der Waals surface area contributed by atoms with E-state index in [9.17, 15) is 8.78 Å². The molecule has 1 aromatic carbocycles. The van der Waals surface area contributed by atoms with Crippen LogP contribution in [0, 0.1) is 11.6 Å². The maximum atomic E-state index is 12.9. The molecule has 0 atom stereocenters. The molecular weight excluding hydrogens is 210 g/mol. The molecule has 0 spiro atoms. The van der Waals surface area contributed by atoms with Crippen molar-refractivity contribution < 1.29 is 8.78 Å². The van der Waals surface area contributed by atoms with Crippen molar-refractivity contribution in [2.24, 2.45) is 10.9 Å². The fourth-order valence-corrected chi connectivity index (χ4v) is 0.893. The standard InChI is InChI=1S/C7H5ClF2N2.C2H6/c8-6-5(9)2-1-4(3-12-11)7(6)10;1-2/h1-3H,11H2;1-2H3/b12-3+;. The van der Waals surface area contributed by atoms with Crippen LogP contribution in [0.1, 0.15) is 19.4 Å². The minimum Gasteiger partial charge on any atom is -0.323 e. The molecule has 5 heteroatoms. The van der Waals surface area contributed by atoms with Crippen LogP contribution in [0.2, 0.25) is 5.02 Å². The molecule has 0 heterocycles. The smallest absolute Gasteiger partial charge is 0.153 e. The third-order valence-electron chi connectivity index (χ3n) is 1.28. The first-order valence-corrected chi connectivity index (χ1v) is 4.41. The zero-order valence-corrected chi connectivity index (χ0v) is 8.65. The number of nitrogens with two attached hydrogens (primary N) is 1. The second kappa shape index (κ2) is 6.32. The molecule has 0 aliphatic carbocycles. The van der Waals surface area contributed by atoms with Crippen molar-refractivity contribution in [3.05, 3.63) is 34.4 Å². The van der Waals surface area contributed by atoms with Gasteiger partial charge >= 0.3 is 0 Å². The topological polar surface area (TPSA) is 38.4 Å². The lowest BCUT2D eigenvalue weighted by molar-refractivity contribution is 0.583. The molecule has 0 aliphatic rings. The van der Waals surface area contributed by atoms with Gasteiger partial charge in [0.2, 0.25) is 0 Å². The SMILES string of the molecule is CC.N/N=C/c1ccc(F)c(Cl)c1F. The van der Waals surface area contributed by atoms with Crippen LogP contribution in [0.25, 0.3) is 0 Å². The fraction of sp³-hybridized carbons (Fsp3) is 0.222. The van der Waals surface area contributed by atoms with Crippen LogP contribution in [-0.2, 0) is 0 Å². The van der Waals surface area contributed by atoms with Crippen molar-refractivity contribution >= 4 is 17.8 Å². The number of benzene rings is 1. The van der Waals surface area contributed by atoms with Gasteiger partial charge in [-0.05, 0) is 12.1 Å². The summed E-state index contributed by atoms with van der Waals surface area (Å²) in [5, 5.41) is 2.54. The Balaban J connectivity index is 0.000000791. The lowest BCUT2D eigenvalue weighted by atomic mass is 10.2. The van der Waals surface area contributed by atoms with Gasteiger partial charge in [-0.2, -0.15) is 5.10 Å². The molecule has 0 aliphatic heterocycles. The number of hydrazone groups is 1. The quantitative estimate of drug-likeness (QED) is 0.336. The first kappa shape index (κ1) is 12.8. The average Bonchev–Trinajstić information content (AvgIpc) is 2.22. The highest BCUT2D eigenvalue weighted by molar-refractivity contribution is 6.31. The van der Waals surface area contributed by atoms with Crippen molar-refractivity contribution in [3.63, 3.8) is 0 Å². The summed E-state index contributed by atoms with van der Waals surface area (Å²) in [5.41, 5.74) is 0.0592. The summed E-state index contributed by atoms with van der Waals surface area (Å²) in [4.78, 5) is 0. The van der Waals surface area contributed by atoms with E-state index < -0.39 is 16.7 Å². The minimum absolute atomic E-state index is 0.0592. The largest absolute Gasteiger partial charge is 0.323 e. The molecule has 1 rings (SSSR count). The fourth-order valence-electron chi connectivity index (χ4n) is 0.721. The number of rotatable bonds is 1. The van der Waals surface area contributed by atoms with Crippen molar-refractivity contribution in [2.75, 3.05) is 0 Å². The lowest BCUT2D eigenvalue weighted by Crippen LogP contribution is -1.94. The first-order chi connectivity index (χ1) is 6.66. The van der Waals surface area contributed by atoms with Crippen molar-refractivity contribution in [3.8, 4) is 0 Å². The van der Waals surface area contributed by atoms with E-state index in [-0.39, 0.29) is 5.56 Å². The Labute approximate surface area is 86.4 Å². The molecule has 2 nitrogen and oxygen atoms in total. The Morgan fingerprint density at radius 3 is 2.43 bits per heavy atom. The number of halogens is 3. The molecule has 0 unspecified atom stereocenters. The highest BCUT2D eigenvalue weighted by Crippen LogP contribution is 2.20. The molecule has 14 heavy (non-hydrogen) atoms. The van der Waals surface area contributed by atoms with Gasteiger partial charge in [0.25, 0.3) is 0 Å². The summed E-state index contributed by atoms with van der Waals surface area (Å²) in [7, 11) is 0. The van der Waals surface area contributed by atoms with Crippen LogP contribution < -0.4 is 5.84 Å². The lowest BCUT2D eigenvalue weighted by Gasteiger charge is -1.98. The van der Waals surface area contributed by atoms with Gasteiger partial charge in [0, 0.05) is 5.56 Å². The van der Waals surface area contributed by atoms with E-state index in [0.717, 1.165) is 12.3 Å². The van der Waals surface area contributed by atoms with Crippen LogP contribution in [0.5, 0.6) is 0 Å². The minimum atomic E-state index is -0.856. The van der Waals surface area contributed by atoms with Gasteiger partial charge in [0.15, 0.2) is 5.82 Å². The van der Waals surface area contributed by atoms with Gasteiger partial charge < -0.3 is 5.84 Å². The van der Waals surface area contributed by atoms with Gasteiger partial charge in [-0.15, -0.1) is 0 Å². The molecule has 78 valence electrons. The van der Waals surface area contributed by atoms with E-state index in [2.05, 4.69) is 5.10 Å². The van der Waals surface area contributed by atoms with E-state index in [1.165, 1.54) is 6.07 Å². The summed E-state index contributed by atoms with van der Waals surface area (Å²) >= 11 is 5.27. The van der Waals surface area contributed by atoms with E-state index in [4.69, 9.17) is 17.4 Å². The zero-order chi connectivity index (χ0) is 11.1. The molecule has 0 radical (unpaired) electrons. The average molecular weight is 221 g/mol. The Morgan fingerprint density at radius 1 is 1.36 bits per heavy atom. The number of nitrogens with zero attached hydrogens (tertiary/aromatic N) is 1. The Morgan fingerprint density at radius 2 is 1.93 bits per heavy atom.